The molecular formula is C14H11Br2ClN4. The molecule has 2 N–H and O–H groups in total. The second-order valence-corrected chi connectivity index (χ2v) is 6.83. The molecule has 0 saturated heterocycles. The van der Waals surface area contributed by atoms with E-state index >= 15 is 0 Å². The lowest BCUT2D eigenvalue weighted by Crippen LogP contribution is -2.00. The van der Waals surface area contributed by atoms with Crippen molar-refractivity contribution >= 4 is 60.2 Å². The predicted molar refractivity (Wildman–Crippen MR) is 93.2 cm³/mol. The van der Waals surface area contributed by atoms with E-state index in [1.54, 1.807) is 10.9 Å². The molecule has 0 aliphatic rings. The maximum atomic E-state index is 6.08. The first kappa shape index (κ1) is 14.8. The SMILES string of the molecule is Cc1cc(-n2nc3cc(Cl)c(N)c(Br)c3n2)cc(C)c1Br. The van der Waals surface area contributed by atoms with E-state index in [9.17, 15) is 0 Å². The number of nitrogens with zero attached hydrogens (tertiary/aromatic N) is 3. The van der Waals surface area contributed by atoms with Gasteiger partial charge in [-0.3, -0.25) is 0 Å². The number of hydrogen-bond acceptors (Lipinski definition) is 3. The summed E-state index contributed by atoms with van der Waals surface area (Å²) in [5.74, 6) is 0. The van der Waals surface area contributed by atoms with Gasteiger partial charge in [-0.15, -0.1) is 10.2 Å². The van der Waals surface area contributed by atoms with Crippen LogP contribution in [-0.2, 0) is 0 Å². The number of aryl methyl sites for hydroxylation is 2. The molecule has 0 radical (unpaired) electrons. The molecule has 0 aliphatic carbocycles. The number of aromatic nitrogens is 3. The molecule has 1 heterocycles. The third-order valence-corrected chi connectivity index (χ3v) is 5.62. The monoisotopic (exact) mass is 428 g/mol. The zero-order valence-corrected chi connectivity index (χ0v) is 15.2. The van der Waals surface area contributed by atoms with Gasteiger partial charge in [-0.1, -0.05) is 27.5 Å². The van der Waals surface area contributed by atoms with Gasteiger partial charge in [0.05, 0.1) is 20.9 Å². The lowest BCUT2D eigenvalue weighted by molar-refractivity contribution is 0.763. The minimum Gasteiger partial charge on any atom is -0.397 e. The largest absolute Gasteiger partial charge is 0.397 e. The normalized spacial score (nSPS) is 11.3. The van der Waals surface area contributed by atoms with E-state index < -0.39 is 0 Å². The minimum atomic E-state index is 0.463. The van der Waals surface area contributed by atoms with Gasteiger partial charge in [-0.05, 0) is 59.1 Å². The number of hydrogen-bond donors (Lipinski definition) is 1. The van der Waals surface area contributed by atoms with Crippen LogP contribution >= 0.6 is 43.5 Å². The van der Waals surface area contributed by atoms with Crippen molar-refractivity contribution in [1.82, 2.24) is 15.0 Å². The summed E-state index contributed by atoms with van der Waals surface area (Å²) >= 11 is 13.1. The number of anilines is 1. The van der Waals surface area contributed by atoms with Crippen LogP contribution in [0.4, 0.5) is 5.69 Å². The summed E-state index contributed by atoms with van der Waals surface area (Å²) < 4.78 is 1.76. The highest BCUT2D eigenvalue weighted by atomic mass is 79.9. The van der Waals surface area contributed by atoms with E-state index in [-0.39, 0.29) is 0 Å². The highest BCUT2D eigenvalue weighted by Crippen LogP contribution is 2.34. The van der Waals surface area contributed by atoms with Crippen molar-refractivity contribution in [3.8, 4) is 5.69 Å². The third-order valence-electron chi connectivity index (χ3n) is 3.26. The van der Waals surface area contributed by atoms with E-state index in [2.05, 4.69) is 42.1 Å². The first-order chi connectivity index (χ1) is 9.88. The highest BCUT2D eigenvalue weighted by molar-refractivity contribution is 9.11. The summed E-state index contributed by atoms with van der Waals surface area (Å²) in [4.78, 5) is 1.59. The summed E-state index contributed by atoms with van der Waals surface area (Å²) in [6, 6.07) is 5.77. The molecule has 3 rings (SSSR count). The molecule has 3 aromatic rings. The summed E-state index contributed by atoms with van der Waals surface area (Å²) in [6.45, 7) is 4.07. The molecular weight excluding hydrogens is 419 g/mol. The molecule has 1 aromatic heterocycles. The Bertz CT molecular complexity index is 850. The van der Waals surface area contributed by atoms with Crippen LogP contribution in [0.3, 0.4) is 0 Å². The zero-order chi connectivity index (χ0) is 15.3. The average molecular weight is 431 g/mol. The van der Waals surface area contributed by atoms with Gasteiger partial charge < -0.3 is 5.73 Å². The smallest absolute Gasteiger partial charge is 0.130 e. The van der Waals surface area contributed by atoms with Crippen molar-refractivity contribution in [3.05, 3.63) is 43.3 Å². The quantitative estimate of drug-likeness (QED) is 0.565. The fourth-order valence-electron chi connectivity index (χ4n) is 2.16. The van der Waals surface area contributed by atoms with Gasteiger partial charge in [0.15, 0.2) is 0 Å². The van der Waals surface area contributed by atoms with Gasteiger partial charge in [0.1, 0.15) is 11.0 Å². The molecule has 2 aromatic carbocycles. The first-order valence-electron chi connectivity index (χ1n) is 6.16. The van der Waals surface area contributed by atoms with Gasteiger partial charge in [0.2, 0.25) is 0 Å². The number of nitrogen functional groups attached to an aromatic ring is 1. The van der Waals surface area contributed by atoms with Crippen molar-refractivity contribution < 1.29 is 0 Å². The molecule has 0 fully saturated rings. The van der Waals surface area contributed by atoms with Crippen molar-refractivity contribution in [1.29, 1.82) is 0 Å². The summed E-state index contributed by atoms with van der Waals surface area (Å²) in [6.07, 6.45) is 0. The number of nitrogens with two attached hydrogens (primary N) is 1. The van der Waals surface area contributed by atoms with E-state index in [0.717, 1.165) is 21.3 Å². The number of halogens is 3. The van der Waals surface area contributed by atoms with Crippen LogP contribution in [0.15, 0.2) is 27.1 Å². The highest BCUT2D eigenvalue weighted by Gasteiger charge is 2.14. The standard InChI is InChI=1S/C14H11Br2ClN4/c1-6-3-8(4-7(2)11(6)15)21-19-10-5-9(17)13(18)12(16)14(10)20-21/h3-5H,18H2,1-2H3. The van der Waals surface area contributed by atoms with Crippen molar-refractivity contribution in [2.24, 2.45) is 0 Å². The molecule has 108 valence electrons. The second kappa shape index (κ2) is 5.26. The molecule has 0 bridgehead atoms. The Hall–Kier alpha value is -1.11. The van der Waals surface area contributed by atoms with Gasteiger partial charge in [-0.2, -0.15) is 4.80 Å². The van der Waals surface area contributed by atoms with Crippen LogP contribution in [0, 0.1) is 13.8 Å². The van der Waals surface area contributed by atoms with Crippen LogP contribution < -0.4 is 5.73 Å². The number of rotatable bonds is 1. The van der Waals surface area contributed by atoms with Crippen LogP contribution in [0.1, 0.15) is 11.1 Å². The van der Waals surface area contributed by atoms with Gasteiger partial charge >= 0.3 is 0 Å². The third kappa shape index (κ3) is 2.45. The number of fused-ring (bicyclic) bond motifs is 1. The Labute approximate surface area is 143 Å². The lowest BCUT2D eigenvalue weighted by Gasteiger charge is -2.06. The Morgan fingerprint density at radius 2 is 1.67 bits per heavy atom. The van der Waals surface area contributed by atoms with Crippen molar-refractivity contribution in [2.75, 3.05) is 5.73 Å². The van der Waals surface area contributed by atoms with E-state index in [1.165, 1.54) is 0 Å². The molecule has 0 saturated carbocycles. The van der Waals surface area contributed by atoms with Crippen LogP contribution in [0.5, 0.6) is 0 Å². The molecule has 0 atom stereocenters. The molecule has 0 amide bonds. The number of benzene rings is 2. The molecule has 0 spiro atoms. The van der Waals surface area contributed by atoms with Crippen LogP contribution in [0.25, 0.3) is 16.7 Å². The zero-order valence-electron chi connectivity index (χ0n) is 11.3. The van der Waals surface area contributed by atoms with Gasteiger partial charge in [0, 0.05) is 4.47 Å². The molecule has 4 nitrogen and oxygen atoms in total. The first-order valence-corrected chi connectivity index (χ1v) is 8.12. The van der Waals surface area contributed by atoms with E-state index in [4.69, 9.17) is 17.3 Å². The lowest BCUT2D eigenvalue weighted by atomic mass is 10.1. The van der Waals surface area contributed by atoms with Gasteiger partial charge in [-0.25, -0.2) is 0 Å². The Morgan fingerprint density at radius 1 is 1.05 bits per heavy atom. The molecule has 21 heavy (non-hydrogen) atoms. The average Bonchev–Trinajstić information content (AvgIpc) is 2.85. The maximum Gasteiger partial charge on any atom is 0.130 e. The van der Waals surface area contributed by atoms with E-state index in [1.807, 2.05) is 26.0 Å². The fourth-order valence-corrected chi connectivity index (χ4v) is 3.19. The van der Waals surface area contributed by atoms with Crippen molar-refractivity contribution in [3.63, 3.8) is 0 Å². The van der Waals surface area contributed by atoms with Crippen LogP contribution in [-0.4, -0.2) is 15.0 Å². The van der Waals surface area contributed by atoms with Gasteiger partial charge in [0.25, 0.3) is 0 Å². The maximum absolute atomic E-state index is 6.08. The molecule has 0 aliphatic heterocycles. The fraction of sp³-hybridized carbons (Fsp3) is 0.143. The Morgan fingerprint density at radius 3 is 2.29 bits per heavy atom. The second-order valence-electron chi connectivity index (χ2n) is 4.84. The topological polar surface area (TPSA) is 56.7 Å². The molecule has 0 unspecified atom stereocenters. The predicted octanol–water partition coefficient (Wildman–Crippen LogP) is 4.80. The summed E-state index contributed by atoms with van der Waals surface area (Å²) in [5.41, 5.74) is 10.9. The Balaban J connectivity index is 2.25. The summed E-state index contributed by atoms with van der Waals surface area (Å²) in [7, 11) is 0. The Kier molecular flexibility index (Phi) is 3.71. The van der Waals surface area contributed by atoms with E-state index in [0.29, 0.717) is 26.2 Å². The summed E-state index contributed by atoms with van der Waals surface area (Å²) in [5, 5.41) is 9.44. The minimum absolute atomic E-state index is 0.463. The van der Waals surface area contributed by atoms with Crippen molar-refractivity contribution in [2.45, 2.75) is 13.8 Å². The van der Waals surface area contributed by atoms with Crippen LogP contribution in [0.2, 0.25) is 5.02 Å². The molecule has 7 heteroatoms.